The molecule has 0 unspecified atom stereocenters. The lowest BCUT2D eigenvalue weighted by Crippen LogP contribution is -2.16. The van der Waals surface area contributed by atoms with E-state index < -0.39 is 17.5 Å². The number of benzene rings is 2. The van der Waals surface area contributed by atoms with Gasteiger partial charge in [-0.3, -0.25) is 4.79 Å². The monoisotopic (exact) mass is 359 g/mol. The predicted molar refractivity (Wildman–Crippen MR) is 95.4 cm³/mol. The van der Waals surface area contributed by atoms with E-state index in [1.165, 1.54) is 18.9 Å². The number of rotatable bonds is 3. The minimum atomic E-state index is -1.04. The van der Waals surface area contributed by atoms with Crippen molar-refractivity contribution >= 4 is 38.3 Å². The van der Waals surface area contributed by atoms with Gasteiger partial charge in [0.25, 0.3) is 5.91 Å². The molecule has 0 atom stereocenters. The number of anilines is 2. The van der Waals surface area contributed by atoms with Crippen molar-refractivity contribution in [1.82, 2.24) is 4.98 Å². The smallest absolute Gasteiger partial charge is 0.255 e. The van der Waals surface area contributed by atoms with Crippen molar-refractivity contribution in [1.29, 1.82) is 0 Å². The van der Waals surface area contributed by atoms with Gasteiger partial charge in [0.1, 0.15) is 0 Å². The Labute approximate surface area is 147 Å². The lowest BCUT2D eigenvalue weighted by Gasteiger charge is -2.11. The largest absolute Gasteiger partial charge is 0.348 e. The van der Waals surface area contributed by atoms with Crippen LogP contribution in [0.4, 0.5) is 19.6 Å². The molecule has 1 amide bonds. The van der Waals surface area contributed by atoms with E-state index in [4.69, 9.17) is 0 Å². The third-order valence-electron chi connectivity index (χ3n) is 4.19. The Morgan fingerprint density at radius 2 is 1.88 bits per heavy atom. The standard InChI is InChI=1S/C18H15F2N3OS/c19-13-5-3-11(9-14(13)20)17(24)21-12-4-6-15-16(10-12)25-18(22-15)23-7-1-2-8-23/h3-6,9-10H,1-2,7-8H2,(H,21,24). The molecule has 4 rings (SSSR count). The number of nitrogens with one attached hydrogen (secondary N) is 1. The van der Waals surface area contributed by atoms with Crippen LogP contribution in [0.3, 0.4) is 0 Å². The van der Waals surface area contributed by atoms with Crippen molar-refractivity contribution in [2.75, 3.05) is 23.3 Å². The van der Waals surface area contributed by atoms with Gasteiger partial charge < -0.3 is 10.2 Å². The number of aromatic nitrogens is 1. The maximum atomic E-state index is 13.3. The van der Waals surface area contributed by atoms with E-state index >= 15 is 0 Å². The topological polar surface area (TPSA) is 45.2 Å². The van der Waals surface area contributed by atoms with E-state index in [1.807, 2.05) is 12.1 Å². The molecule has 7 heteroatoms. The Balaban J connectivity index is 1.56. The number of hydrogen-bond acceptors (Lipinski definition) is 4. The molecule has 25 heavy (non-hydrogen) atoms. The average Bonchev–Trinajstić information content (AvgIpc) is 3.25. The highest BCUT2D eigenvalue weighted by molar-refractivity contribution is 7.22. The molecule has 1 aliphatic rings. The lowest BCUT2D eigenvalue weighted by molar-refractivity contribution is 0.102. The van der Waals surface area contributed by atoms with Crippen LogP contribution in [-0.2, 0) is 0 Å². The quantitative estimate of drug-likeness (QED) is 0.753. The third-order valence-corrected chi connectivity index (χ3v) is 5.27. The van der Waals surface area contributed by atoms with Crippen LogP contribution in [-0.4, -0.2) is 24.0 Å². The van der Waals surface area contributed by atoms with Gasteiger partial charge in [0.05, 0.1) is 10.2 Å². The van der Waals surface area contributed by atoms with Crippen LogP contribution < -0.4 is 10.2 Å². The summed E-state index contributed by atoms with van der Waals surface area (Å²) in [4.78, 5) is 19.1. The van der Waals surface area contributed by atoms with E-state index in [9.17, 15) is 13.6 Å². The fourth-order valence-electron chi connectivity index (χ4n) is 2.87. The Kier molecular flexibility index (Phi) is 4.09. The first kappa shape index (κ1) is 16.0. The predicted octanol–water partition coefficient (Wildman–Crippen LogP) is 4.43. The van der Waals surface area contributed by atoms with Gasteiger partial charge in [-0.15, -0.1) is 0 Å². The molecule has 128 valence electrons. The van der Waals surface area contributed by atoms with Crippen LogP contribution in [0.1, 0.15) is 23.2 Å². The van der Waals surface area contributed by atoms with Crippen LogP contribution in [0, 0.1) is 11.6 Å². The molecule has 1 aromatic heterocycles. The van der Waals surface area contributed by atoms with E-state index in [2.05, 4.69) is 15.2 Å². The van der Waals surface area contributed by atoms with Gasteiger partial charge >= 0.3 is 0 Å². The van der Waals surface area contributed by atoms with E-state index in [1.54, 1.807) is 17.4 Å². The van der Waals surface area contributed by atoms with Crippen molar-refractivity contribution in [2.45, 2.75) is 12.8 Å². The molecule has 0 bridgehead atoms. The van der Waals surface area contributed by atoms with Gasteiger partial charge in [-0.1, -0.05) is 11.3 Å². The zero-order valence-corrected chi connectivity index (χ0v) is 14.1. The SMILES string of the molecule is O=C(Nc1ccc2nc(N3CCCC3)sc2c1)c1ccc(F)c(F)c1. The minimum Gasteiger partial charge on any atom is -0.348 e. The molecule has 4 nitrogen and oxygen atoms in total. The third kappa shape index (κ3) is 3.19. The summed E-state index contributed by atoms with van der Waals surface area (Å²) in [6.45, 7) is 2.05. The maximum absolute atomic E-state index is 13.3. The minimum absolute atomic E-state index is 0.0704. The molecule has 1 aliphatic heterocycles. The zero-order valence-electron chi connectivity index (χ0n) is 13.3. The molecule has 0 aliphatic carbocycles. The van der Waals surface area contributed by atoms with Gasteiger partial charge in [-0.25, -0.2) is 13.8 Å². The highest BCUT2D eigenvalue weighted by atomic mass is 32.1. The molecular formula is C18H15F2N3OS. The van der Waals surface area contributed by atoms with E-state index in [0.29, 0.717) is 5.69 Å². The van der Waals surface area contributed by atoms with Crippen molar-refractivity contribution in [2.24, 2.45) is 0 Å². The molecule has 1 saturated heterocycles. The number of thiazole rings is 1. The van der Waals surface area contributed by atoms with Crippen LogP contribution in [0.15, 0.2) is 36.4 Å². The first-order valence-corrected chi connectivity index (χ1v) is 8.84. The Morgan fingerprint density at radius 1 is 1.08 bits per heavy atom. The number of fused-ring (bicyclic) bond motifs is 1. The van der Waals surface area contributed by atoms with E-state index in [-0.39, 0.29) is 5.56 Å². The molecule has 3 aromatic rings. The Morgan fingerprint density at radius 3 is 2.64 bits per heavy atom. The fourth-order valence-corrected chi connectivity index (χ4v) is 3.93. The maximum Gasteiger partial charge on any atom is 0.255 e. The summed E-state index contributed by atoms with van der Waals surface area (Å²) in [7, 11) is 0. The molecule has 1 fully saturated rings. The van der Waals surface area contributed by atoms with Crippen LogP contribution >= 0.6 is 11.3 Å². The summed E-state index contributed by atoms with van der Waals surface area (Å²) in [6, 6.07) is 8.55. The second-order valence-corrected chi connectivity index (χ2v) is 6.97. The number of carbonyl (C=O) groups is 1. The Hall–Kier alpha value is -2.54. The fraction of sp³-hybridized carbons (Fsp3) is 0.222. The van der Waals surface area contributed by atoms with Crippen LogP contribution in [0.25, 0.3) is 10.2 Å². The number of amides is 1. The second-order valence-electron chi connectivity index (χ2n) is 5.96. The number of hydrogen-bond donors (Lipinski definition) is 1. The first-order valence-electron chi connectivity index (χ1n) is 8.02. The van der Waals surface area contributed by atoms with Gasteiger partial charge in [0, 0.05) is 24.3 Å². The number of halogens is 2. The summed E-state index contributed by atoms with van der Waals surface area (Å²) >= 11 is 1.59. The molecule has 2 aromatic carbocycles. The van der Waals surface area contributed by atoms with Crippen molar-refractivity contribution < 1.29 is 13.6 Å². The lowest BCUT2D eigenvalue weighted by atomic mass is 10.2. The highest BCUT2D eigenvalue weighted by Gasteiger charge is 2.17. The summed E-state index contributed by atoms with van der Waals surface area (Å²) in [5.74, 6) is -2.50. The highest BCUT2D eigenvalue weighted by Crippen LogP contribution is 2.32. The molecule has 1 N–H and O–H groups in total. The molecule has 0 saturated carbocycles. The van der Waals surface area contributed by atoms with E-state index in [0.717, 1.165) is 40.6 Å². The molecular weight excluding hydrogens is 344 g/mol. The summed E-state index contributed by atoms with van der Waals surface area (Å²) < 4.78 is 27.2. The van der Waals surface area contributed by atoms with Gasteiger partial charge in [-0.2, -0.15) is 0 Å². The molecule has 0 spiro atoms. The van der Waals surface area contributed by atoms with Gasteiger partial charge in [0.15, 0.2) is 16.8 Å². The first-order chi connectivity index (χ1) is 12.1. The van der Waals surface area contributed by atoms with Gasteiger partial charge in [0.2, 0.25) is 0 Å². The average molecular weight is 359 g/mol. The van der Waals surface area contributed by atoms with Gasteiger partial charge in [-0.05, 0) is 49.2 Å². The van der Waals surface area contributed by atoms with Crippen LogP contribution in [0.5, 0.6) is 0 Å². The van der Waals surface area contributed by atoms with Crippen LogP contribution in [0.2, 0.25) is 0 Å². The normalized spacial score (nSPS) is 14.2. The second kappa shape index (κ2) is 6.40. The summed E-state index contributed by atoms with van der Waals surface area (Å²) in [5.41, 5.74) is 1.55. The summed E-state index contributed by atoms with van der Waals surface area (Å²) in [5, 5.41) is 3.71. The zero-order chi connectivity index (χ0) is 17.4. The Bertz CT molecular complexity index is 951. The molecule has 0 radical (unpaired) electrons. The van der Waals surface area contributed by atoms with Crippen molar-refractivity contribution in [3.8, 4) is 0 Å². The number of nitrogens with zero attached hydrogens (tertiary/aromatic N) is 2. The van der Waals surface area contributed by atoms with Crippen molar-refractivity contribution in [3.05, 3.63) is 53.6 Å². The number of carbonyl (C=O) groups excluding carboxylic acids is 1. The van der Waals surface area contributed by atoms with Crippen molar-refractivity contribution in [3.63, 3.8) is 0 Å². The summed E-state index contributed by atoms with van der Waals surface area (Å²) in [6.07, 6.45) is 2.37. The molecule has 2 heterocycles.